The minimum absolute atomic E-state index is 0.244. The molecule has 0 radical (unpaired) electrons. The van der Waals surface area contributed by atoms with Gasteiger partial charge in [-0.1, -0.05) is 0 Å². The second-order valence-electron chi connectivity index (χ2n) is 6.54. The van der Waals surface area contributed by atoms with Crippen LogP contribution in [0.4, 0.5) is 0 Å². The van der Waals surface area contributed by atoms with Crippen molar-refractivity contribution in [2.75, 3.05) is 27.2 Å². The van der Waals surface area contributed by atoms with Crippen LogP contribution in [0, 0.1) is 22.8 Å². The van der Waals surface area contributed by atoms with Crippen LogP contribution in [-0.4, -0.2) is 66.1 Å². The number of likely N-dealkylation sites (N-methyl/N-ethyl adjacent to an activating group) is 2. The molecule has 0 aliphatic carbocycles. The summed E-state index contributed by atoms with van der Waals surface area (Å²) >= 11 is 0. The molecule has 0 amide bonds. The maximum absolute atomic E-state index is 9.09. The molecular weight excluding hydrogens is 262 g/mol. The number of nitrogens with zero attached hydrogens (tertiary/aromatic N) is 5. The van der Waals surface area contributed by atoms with Crippen LogP contribution >= 0.6 is 0 Å². The first-order valence-corrected chi connectivity index (χ1v) is 7.86. The molecule has 1 saturated heterocycles. The Balaban J connectivity index is 2.56. The first kappa shape index (κ1) is 17.8. The average Bonchev–Trinajstić information content (AvgIpc) is 2.42. The lowest BCUT2D eigenvalue weighted by Crippen LogP contribution is -2.51. The largest absolute Gasteiger partial charge is 0.307 e. The average molecular weight is 291 g/mol. The van der Waals surface area contributed by atoms with E-state index in [4.69, 9.17) is 10.5 Å². The van der Waals surface area contributed by atoms with Gasteiger partial charge in [0.05, 0.1) is 12.5 Å². The SMILES string of the molecule is CC(C)N(C)CC(CC#N)N(C)C(C)CC1CCN1C#N. The van der Waals surface area contributed by atoms with Crippen molar-refractivity contribution in [1.82, 2.24) is 14.7 Å². The summed E-state index contributed by atoms with van der Waals surface area (Å²) < 4.78 is 0. The highest BCUT2D eigenvalue weighted by Crippen LogP contribution is 2.23. The van der Waals surface area contributed by atoms with Crippen LogP contribution in [0.5, 0.6) is 0 Å². The van der Waals surface area contributed by atoms with Gasteiger partial charge in [-0.15, -0.1) is 0 Å². The molecule has 21 heavy (non-hydrogen) atoms. The molecule has 0 aromatic carbocycles. The zero-order chi connectivity index (χ0) is 16.0. The van der Waals surface area contributed by atoms with Crippen LogP contribution in [0.15, 0.2) is 0 Å². The third-order valence-electron chi connectivity index (χ3n) is 4.86. The van der Waals surface area contributed by atoms with Crippen LogP contribution < -0.4 is 0 Å². The van der Waals surface area contributed by atoms with Gasteiger partial charge in [0.1, 0.15) is 0 Å². The summed E-state index contributed by atoms with van der Waals surface area (Å²) in [6.45, 7) is 8.35. The van der Waals surface area contributed by atoms with Crippen molar-refractivity contribution in [3.05, 3.63) is 0 Å². The lowest BCUT2D eigenvalue weighted by molar-refractivity contribution is 0.0833. The molecule has 0 saturated carbocycles. The molecule has 1 fully saturated rings. The Morgan fingerprint density at radius 1 is 1.24 bits per heavy atom. The van der Waals surface area contributed by atoms with Crippen molar-refractivity contribution < 1.29 is 0 Å². The van der Waals surface area contributed by atoms with Gasteiger partial charge in [0, 0.05) is 37.3 Å². The minimum atomic E-state index is 0.244. The zero-order valence-electron chi connectivity index (χ0n) is 14.1. The van der Waals surface area contributed by atoms with Gasteiger partial charge in [-0.05, 0) is 47.7 Å². The van der Waals surface area contributed by atoms with E-state index < -0.39 is 0 Å². The Morgan fingerprint density at radius 2 is 1.90 bits per heavy atom. The van der Waals surface area contributed by atoms with Crippen molar-refractivity contribution in [3.8, 4) is 12.3 Å². The van der Waals surface area contributed by atoms with Crippen LogP contribution in [0.2, 0.25) is 0 Å². The van der Waals surface area contributed by atoms with E-state index in [0.29, 0.717) is 24.5 Å². The van der Waals surface area contributed by atoms with Gasteiger partial charge in [0.15, 0.2) is 6.19 Å². The summed E-state index contributed by atoms with van der Waals surface area (Å²) in [7, 11) is 4.22. The van der Waals surface area contributed by atoms with Gasteiger partial charge in [-0.3, -0.25) is 4.90 Å². The van der Waals surface area contributed by atoms with E-state index in [-0.39, 0.29) is 6.04 Å². The third kappa shape index (κ3) is 4.88. The molecule has 0 spiro atoms. The van der Waals surface area contributed by atoms with Crippen LogP contribution in [0.1, 0.15) is 40.0 Å². The first-order valence-electron chi connectivity index (χ1n) is 7.86. The molecule has 0 aromatic rings. The van der Waals surface area contributed by atoms with Gasteiger partial charge in [0.25, 0.3) is 0 Å². The molecule has 5 heteroatoms. The summed E-state index contributed by atoms with van der Waals surface area (Å²) in [4.78, 5) is 6.47. The van der Waals surface area contributed by atoms with Gasteiger partial charge in [-0.25, -0.2) is 0 Å². The number of rotatable bonds is 8. The molecule has 118 valence electrons. The maximum Gasteiger partial charge on any atom is 0.179 e. The number of likely N-dealkylation sites (tertiary alicyclic amines) is 1. The standard InChI is InChI=1S/C16H29N5/c1-13(2)19(4)11-16(6-8-17)20(5)14(3)10-15-7-9-21(15)12-18/h13-16H,6-7,9-11H2,1-5H3. The zero-order valence-corrected chi connectivity index (χ0v) is 14.1. The van der Waals surface area contributed by atoms with Gasteiger partial charge in [0.2, 0.25) is 0 Å². The van der Waals surface area contributed by atoms with Crippen LogP contribution in [0.25, 0.3) is 0 Å². The normalized spacial score (nSPS) is 21.0. The summed E-state index contributed by atoms with van der Waals surface area (Å²) in [5.74, 6) is 0. The Morgan fingerprint density at radius 3 is 2.33 bits per heavy atom. The Hall–Kier alpha value is -1.30. The Kier molecular flexibility index (Phi) is 6.95. The van der Waals surface area contributed by atoms with Gasteiger partial charge in [-0.2, -0.15) is 10.5 Å². The van der Waals surface area contributed by atoms with E-state index in [9.17, 15) is 0 Å². The highest BCUT2D eigenvalue weighted by atomic mass is 15.2. The summed E-state index contributed by atoms with van der Waals surface area (Å²) in [6.07, 6.45) is 4.91. The first-order chi connectivity index (χ1) is 9.90. The lowest BCUT2D eigenvalue weighted by atomic mass is 9.95. The third-order valence-corrected chi connectivity index (χ3v) is 4.86. The van der Waals surface area contributed by atoms with E-state index in [1.807, 2.05) is 4.90 Å². The smallest absolute Gasteiger partial charge is 0.179 e. The van der Waals surface area contributed by atoms with Crippen molar-refractivity contribution in [3.63, 3.8) is 0 Å². The summed E-state index contributed by atoms with van der Waals surface area (Å²) in [6, 6.07) is 3.81. The van der Waals surface area contributed by atoms with E-state index in [2.05, 4.69) is 56.9 Å². The quantitative estimate of drug-likeness (QED) is 0.639. The molecule has 1 aliphatic rings. The van der Waals surface area contributed by atoms with E-state index >= 15 is 0 Å². The fourth-order valence-electron chi connectivity index (χ4n) is 2.72. The topological polar surface area (TPSA) is 57.3 Å². The molecule has 3 unspecified atom stereocenters. The summed E-state index contributed by atoms with van der Waals surface area (Å²) in [5, 5.41) is 18.1. The van der Waals surface area contributed by atoms with Crippen molar-refractivity contribution in [2.24, 2.45) is 0 Å². The van der Waals surface area contributed by atoms with E-state index in [1.54, 1.807) is 0 Å². The number of hydrogen-bond donors (Lipinski definition) is 0. The molecule has 0 bridgehead atoms. The Labute approximate surface area is 129 Å². The highest BCUT2D eigenvalue weighted by molar-refractivity contribution is 4.94. The maximum atomic E-state index is 9.09. The van der Waals surface area contributed by atoms with E-state index in [1.165, 1.54) is 0 Å². The number of nitriles is 2. The van der Waals surface area contributed by atoms with Crippen LogP contribution in [0.3, 0.4) is 0 Å². The molecule has 5 nitrogen and oxygen atoms in total. The highest BCUT2D eigenvalue weighted by Gasteiger charge is 2.31. The molecule has 1 aliphatic heterocycles. The fraction of sp³-hybridized carbons (Fsp3) is 0.875. The molecule has 3 atom stereocenters. The second-order valence-corrected chi connectivity index (χ2v) is 6.54. The van der Waals surface area contributed by atoms with Crippen molar-refractivity contribution in [1.29, 1.82) is 10.5 Å². The minimum Gasteiger partial charge on any atom is -0.307 e. The molecular formula is C16H29N5. The van der Waals surface area contributed by atoms with Crippen LogP contribution in [-0.2, 0) is 0 Å². The van der Waals surface area contributed by atoms with Gasteiger partial charge >= 0.3 is 0 Å². The second kappa shape index (κ2) is 8.22. The molecule has 0 N–H and O–H groups in total. The molecule has 1 rings (SSSR count). The fourth-order valence-corrected chi connectivity index (χ4v) is 2.72. The molecule has 1 heterocycles. The summed E-state index contributed by atoms with van der Waals surface area (Å²) in [5.41, 5.74) is 0. The predicted octanol–water partition coefficient (Wildman–Crippen LogP) is 1.87. The predicted molar refractivity (Wildman–Crippen MR) is 84.4 cm³/mol. The van der Waals surface area contributed by atoms with E-state index in [0.717, 1.165) is 25.9 Å². The Bertz CT molecular complexity index is 394. The molecule has 0 aromatic heterocycles. The van der Waals surface area contributed by atoms with Crippen molar-refractivity contribution >= 4 is 0 Å². The van der Waals surface area contributed by atoms with Crippen molar-refractivity contribution in [2.45, 2.75) is 64.2 Å². The number of hydrogen-bond acceptors (Lipinski definition) is 5. The van der Waals surface area contributed by atoms with Gasteiger partial charge < -0.3 is 9.80 Å². The lowest BCUT2D eigenvalue weighted by Gasteiger charge is -2.42. The monoisotopic (exact) mass is 291 g/mol.